The predicted molar refractivity (Wildman–Crippen MR) is 121 cm³/mol. The fourth-order valence-electron chi connectivity index (χ4n) is 3.75. The van der Waals surface area contributed by atoms with E-state index in [9.17, 15) is 22.8 Å². The molecule has 0 atom stereocenters. The van der Waals surface area contributed by atoms with E-state index in [2.05, 4.69) is 10.3 Å². The summed E-state index contributed by atoms with van der Waals surface area (Å²) in [5.74, 6) is -1.12. The number of pyridine rings is 1. The van der Waals surface area contributed by atoms with E-state index in [1.165, 1.54) is 41.6 Å². The van der Waals surface area contributed by atoms with E-state index in [0.29, 0.717) is 43.7 Å². The topological polar surface area (TPSA) is 135 Å². The van der Waals surface area contributed by atoms with Gasteiger partial charge in [-0.15, -0.1) is 0 Å². The minimum atomic E-state index is -4.53. The number of ether oxygens (including phenoxy) is 1. The number of alkyl halides is 3. The Labute approximate surface area is 197 Å². The number of nitrogens with zero attached hydrogens (tertiary/aromatic N) is 2. The number of halogens is 3. The van der Waals surface area contributed by atoms with E-state index in [4.69, 9.17) is 20.3 Å². The number of carbonyl (C=O) groups excluding carboxylic acids is 2. The zero-order chi connectivity index (χ0) is 25.2. The molecule has 2 aromatic heterocycles. The van der Waals surface area contributed by atoms with Gasteiger partial charge in [0.25, 0.3) is 5.91 Å². The van der Waals surface area contributed by atoms with E-state index in [0.717, 1.165) is 0 Å². The lowest BCUT2D eigenvalue weighted by Gasteiger charge is -2.20. The molecule has 0 saturated carbocycles. The van der Waals surface area contributed by atoms with Crippen molar-refractivity contribution in [3.8, 4) is 0 Å². The molecule has 12 heteroatoms. The van der Waals surface area contributed by atoms with Gasteiger partial charge in [-0.25, -0.2) is 0 Å². The minimum Gasteiger partial charge on any atom is -0.464 e. The SMILES string of the molecule is N=C(c1cnc(C(=O)N2CCCOCC2)cc1NCC(F)(F)F)c1coc2ccc(C(N)=O)cc12. The Morgan fingerprint density at radius 3 is 2.71 bits per heavy atom. The summed E-state index contributed by atoms with van der Waals surface area (Å²) in [5, 5.41) is 11.3. The number of rotatable bonds is 6. The Balaban J connectivity index is 1.72. The van der Waals surface area contributed by atoms with Crippen molar-refractivity contribution in [2.75, 3.05) is 38.2 Å². The first-order valence-electron chi connectivity index (χ1n) is 10.7. The molecule has 0 aliphatic carbocycles. The standard InChI is InChI=1S/C23H22F3N5O4/c24-23(25,26)12-30-17-9-18(22(33)31-4-1-6-34-7-5-31)29-10-15(17)20(27)16-11-35-19-3-2-13(21(28)32)8-14(16)19/h2-3,8-11,27H,1,4-7,12H2,(H2,28,32)(H,29,30). The Morgan fingerprint density at radius 2 is 1.97 bits per heavy atom. The van der Waals surface area contributed by atoms with E-state index in [-0.39, 0.29) is 33.8 Å². The highest BCUT2D eigenvalue weighted by Crippen LogP contribution is 2.28. The zero-order valence-corrected chi connectivity index (χ0v) is 18.4. The summed E-state index contributed by atoms with van der Waals surface area (Å²) < 4.78 is 49.8. The van der Waals surface area contributed by atoms with Crippen LogP contribution in [0.25, 0.3) is 11.0 Å². The van der Waals surface area contributed by atoms with Crippen molar-refractivity contribution < 1.29 is 31.9 Å². The van der Waals surface area contributed by atoms with Crippen molar-refractivity contribution in [3.63, 3.8) is 0 Å². The van der Waals surface area contributed by atoms with Crippen molar-refractivity contribution in [1.82, 2.24) is 9.88 Å². The third-order valence-corrected chi connectivity index (χ3v) is 5.51. The number of hydrogen-bond donors (Lipinski definition) is 3. The molecule has 184 valence electrons. The molecule has 35 heavy (non-hydrogen) atoms. The average Bonchev–Trinajstić information content (AvgIpc) is 3.05. The molecule has 9 nitrogen and oxygen atoms in total. The number of amides is 2. The first kappa shape index (κ1) is 24.2. The van der Waals surface area contributed by atoms with Crippen molar-refractivity contribution >= 4 is 34.2 Å². The third kappa shape index (κ3) is 5.43. The smallest absolute Gasteiger partial charge is 0.405 e. The fourth-order valence-corrected chi connectivity index (χ4v) is 3.75. The molecule has 0 spiro atoms. The molecule has 0 unspecified atom stereocenters. The second-order valence-electron chi connectivity index (χ2n) is 7.94. The Hall–Kier alpha value is -3.93. The number of nitrogens with one attached hydrogen (secondary N) is 2. The maximum Gasteiger partial charge on any atom is 0.405 e. The number of benzene rings is 1. The number of nitrogens with two attached hydrogens (primary N) is 1. The van der Waals surface area contributed by atoms with Crippen molar-refractivity contribution in [2.24, 2.45) is 5.73 Å². The first-order valence-corrected chi connectivity index (χ1v) is 10.7. The molecule has 3 aromatic rings. The normalized spacial score (nSPS) is 14.5. The van der Waals surface area contributed by atoms with Crippen LogP contribution in [-0.2, 0) is 4.74 Å². The molecular weight excluding hydrogens is 467 g/mol. The van der Waals surface area contributed by atoms with Gasteiger partial charge in [-0.3, -0.25) is 20.0 Å². The summed E-state index contributed by atoms with van der Waals surface area (Å²) in [6.07, 6.45) is -1.46. The van der Waals surface area contributed by atoms with Gasteiger partial charge < -0.3 is 25.1 Å². The third-order valence-electron chi connectivity index (χ3n) is 5.51. The lowest BCUT2D eigenvalue weighted by molar-refractivity contribution is -0.115. The summed E-state index contributed by atoms with van der Waals surface area (Å²) >= 11 is 0. The molecule has 1 aromatic carbocycles. The minimum absolute atomic E-state index is 0.0252. The number of primary amides is 1. The Morgan fingerprint density at radius 1 is 1.17 bits per heavy atom. The number of hydrogen-bond acceptors (Lipinski definition) is 7. The number of carbonyl (C=O) groups is 2. The molecule has 0 radical (unpaired) electrons. The van der Waals surface area contributed by atoms with Crippen LogP contribution in [0.15, 0.2) is 41.1 Å². The van der Waals surface area contributed by atoms with Crippen molar-refractivity contribution in [1.29, 1.82) is 5.41 Å². The van der Waals surface area contributed by atoms with E-state index in [1.54, 1.807) is 0 Å². The first-order chi connectivity index (χ1) is 16.6. The molecule has 1 fully saturated rings. The maximum absolute atomic E-state index is 13.0. The molecule has 1 aliphatic rings. The highest BCUT2D eigenvalue weighted by Gasteiger charge is 2.28. The van der Waals surface area contributed by atoms with E-state index < -0.39 is 24.5 Å². The zero-order valence-electron chi connectivity index (χ0n) is 18.4. The highest BCUT2D eigenvalue weighted by molar-refractivity contribution is 6.20. The van der Waals surface area contributed by atoms with Crippen LogP contribution in [0.1, 0.15) is 38.4 Å². The van der Waals surface area contributed by atoms with Crippen LogP contribution in [0, 0.1) is 5.41 Å². The van der Waals surface area contributed by atoms with Crippen LogP contribution >= 0.6 is 0 Å². The van der Waals surface area contributed by atoms with Crippen LogP contribution in [0.3, 0.4) is 0 Å². The second-order valence-corrected chi connectivity index (χ2v) is 7.94. The fraction of sp³-hybridized carbons (Fsp3) is 0.304. The molecule has 1 aliphatic heterocycles. The maximum atomic E-state index is 13.0. The van der Waals surface area contributed by atoms with Gasteiger partial charge in [0, 0.05) is 53.7 Å². The summed E-state index contributed by atoms with van der Waals surface area (Å²) in [5.41, 5.74) is 5.79. The van der Waals surface area contributed by atoms with Crippen LogP contribution in [0.5, 0.6) is 0 Å². The molecule has 4 N–H and O–H groups in total. The Kier molecular flexibility index (Phi) is 6.74. The number of anilines is 1. The Bertz CT molecular complexity index is 1280. The average molecular weight is 489 g/mol. The summed E-state index contributed by atoms with van der Waals surface area (Å²) in [7, 11) is 0. The van der Waals surface area contributed by atoms with E-state index in [1.807, 2.05) is 0 Å². The summed E-state index contributed by atoms with van der Waals surface area (Å²) in [4.78, 5) is 30.2. The van der Waals surface area contributed by atoms with Gasteiger partial charge >= 0.3 is 6.18 Å². The molecular formula is C23H22F3N5O4. The van der Waals surface area contributed by atoms with E-state index >= 15 is 0 Å². The number of aromatic nitrogens is 1. The van der Waals surface area contributed by atoms with Gasteiger partial charge in [0.05, 0.1) is 12.3 Å². The van der Waals surface area contributed by atoms with Gasteiger partial charge in [-0.1, -0.05) is 0 Å². The van der Waals surface area contributed by atoms with Gasteiger partial charge in [0.15, 0.2) is 0 Å². The monoisotopic (exact) mass is 489 g/mol. The lowest BCUT2D eigenvalue weighted by atomic mass is 10.00. The van der Waals surface area contributed by atoms with Gasteiger partial charge in [0.1, 0.15) is 24.1 Å². The predicted octanol–water partition coefficient (Wildman–Crippen LogP) is 3.18. The lowest BCUT2D eigenvalue weighted by Crippen LogP contribution is -2.34. The highest BCUT2D eigenvalue weighted by atomic mass is 19.4. The molecule has 2 amide bonds. The van der Waals surface area contributed by atoms with Gasteiger partial charge in [-0.2, -0.15) is 13.2 Å². The van der Waals surface area contributed by atoms with Gasteiger partial charge in [-0.05, 0) is 30.7 Å². The summed E-state index contributed by atoms with van der Waals surface area (Å²) in [6.45, 7) is 0.274. The number of furan rings is 1. The van der Waals surface area contributed by atoms with Gasteiger partial charge in [0.2, 0.25) is 5.91 Å². The van der Waals surface area contributed by atoms with Crippen LogP contribution in [-0.4, -0.2) is 66.4 Å². The van der Waals surface area contributed by atoms with Crippen LogP contribution in [0.4, 0.5) is 18.9 Å². The summed E-state index contributed by atoms with van der Waals surface area (Å²) in [6, 6.07) is 5.63. The second kappa shape index (κ2) is 9.74. The largest absolute Gasteiger partial charge is 0.464 e. The molecule has 3 heterocycles. The van der Waals surface area contributed by atoms with Crippen LogP contribution in [0.2, 0.25) is 0 Å². The van der Waals surface area contributed by atoms with Crippen LogP contribution < -0.4 is 11.1 Å². The molecule has 0 bridgehead atoms. The quantitative estimate of drug-likeness (QED) is 0.456. The number of fused-ring (bicyclic) bond motifs is 1. The molecule has 4 rings (SSSR count). The van der Waals surface area contributed by atoms with Crippen molar-refractivity contribution in [2.45, 2.75) is 12.6 Å². The van der Waals surface area contributed by atoms with Crippen molar-refractivity contribution in [3.05, 3.63) is 59.1 Å². The molecule has 1 saturated heterocycles.